The van der Waals surface area contributed by atoms with Crippen LogP contribution in [0.1, 0.15) is 13.8 Å². The van der Waals surface area contributed by atoms with Gasteiger partial charge in [0.15, 0.2) is 15.6 Å². The maximum absolute atomic E-state index is 13.0. The quantitative estimate of drug-likeness (QED) is 0.205. The molecule has 1 fully saturated rings. The van der Waals surface area contributed by atoms with E-state index in [1.807, 2.05) is 0 Å². The highest BCUT2D eigenvalue weighted by Crippen LogP contribution is 2.29. The molecule has 1 N–H and O–H groups in total. The van der Waals surface area contributed by atoms with Gasteiger partial charge in [-0.25, -0.2) is 13.5 Å². The molecule has 1 saturated heterocycles. The highest BCUT2D eigenvalue weighted by Gasteiger charge is 2.41. The number of hydrogen-bond donors (Lipinski definition) is 1. The Balaban J connectivity index is 1.66. The predicted molar refractivity (Wildman–Crippen MR) is 121 cm³/mol. The third kappa shape index (κ3) is 6.90. The molecule has 1 amide bonds. The largest absolute Gasteiger partial charge is 0.491 e. The zero-order valence-corrected chi connectivity index (χ0v) is 20.1. The molecule has 0 spiro atoms. The summed E-state index contributed by atoms with van der Waals surface area (Å²) in [5, 5.41) is 10.3. The summed E-state index contributed by atoms with van der Waals surface area (Å²) in [4.78, 5) is 11.2. The number of sulfone groups is 1. The van der Waals surface area contributed by atoms with Crippen LogP contribution in [-0.4, -0.2) is 75.7 Å². The van der Waals surface area contributed by atoms with E-state index in [2.05, 4.69) is 0 Å². The Labute approximate surface area is 198 Å². The van der Waals surface area contributed by atoms with Crippen LogP contribution in [0.2, 0.25) is 0 Å². The number of carbonyl (C=O) groups is 1. The average molecular weight is 496 g/mol. The molecule has 2 aromatic carbocycles. The number of carbonyl (C=O) groups excluding carboxylic acids is 1. The van der Waals surface area contributed by atoms with Crippen LogP contribution in [0.25, 0.3) is 0 Å². The lowest BCUT2D eigenvalue weighted by Gasteiger charge is -2.27. The van der Waals surface area contributed by atoms with E-state index < -0.39 is 33.5 Å². The van der Waals surface area contributed by atoms with Crippen molar-refractivity contribution in [2.45, 2.75) is 36.7 Å². The number of nitrogens with zero attached hydrogens (tertiary/aromatic N) is 1. The number of hydroxylamine groups is 2. The number of rotatable bonds is 12. The fourth-order valence-corrected chi connectivity index (χ4v) is 4.92. The third-order valence-corrected chi connectivity index (χ3v) is 6.87. The van der Waals surface area contributed by atoms with Gasteiger partial charge in [-0.1, -0.05) is 0 Å². The number of hydrogen-bond acceptors (Lipinski definition) is 9. The number of ether oxygens (including phenoxy) is 5. The first-order chi connectivity index (χ1) is 16.1. The molecule has 2 atom stereocenters. The molecule has 2 aromatic rings. The van der Waals surface area contributed by atoms with Crippen LogP contribution in [0.4, 0.5) is 0 Å². The van der Waals surface area contributed by atoms with E-state index in [-0.39, 0.29) is 17.9 Å². The van der Waals surface area contributed by atoms with E-state index >= 15 is 0 Å². The highest BCUT2D eigenvalue weighted by molar-refractivity contribution is 7.91. The van der Waals surface area contributed by atoms with Crippen LogP contribution >= 0.6 is 0 Å². The number of methoxy groups -OCH3 is 1. The SMILES string of the molecule is COCCOc1ccc(Oc2ccc(S(=O)(=O)CC([C@H]3COC(C)(C)O3)N(O)C=O)cc2)cc1. The predicted octanol–water partition coefficient (Wildman–Crippen LogP) is 2.65. The Hall–Kier alpha value is -2.70. The molecule has 3 rings (SSSR count). The van der Waals surface area contributed by atoms with E-state index in [0.717, 1.165) is 0 Å². The summed E-state index contributed by atoms with van der Waals surface area (Å²) >= 11 is 0. The molecule has 0 radical (unpaired) electrons. The second-order valence-corrected chi connectivity index (χ2v) is 10.1. The van der Waals surface area contributed by atoms with Gasteiger partial charge in [-0.3, -0.25) is 10.0 Å². The summed E-state index contributed by atoms with van der Waals surface area (Å²) in [6.45, 7) is 4.30. The monoisotopic (exact) mass is 495 g/mol. The number of amides is 1. The van der Waals surface area contributed by atoms with E-state index in [9.17, 15) is 18.4 Å². The molecule has 0 saturated carbocycles. The van der Waals surface area contributed by atoms with Gasteiger partial charge in [-0.2, -0.15) is 0 Å². The first-order valence-electron chi connectivity index (χ1n) is 10.6. The fraction of sp³-hybridized carbons (Fsp3) is 0.435. The van der Waals surface area contributed by atoms with Crippen molar-refractivity contribution in [1.82, 2.24) is 5.06 Å². The van der Waals surface area contributed by atoms with E-state index in [4.69, 9.17) is 23.7 Å². The molecule has 0 bridgehead atoms. The molecule has 11 heteroatoms. The molecule has 34 heavy (non-hydrogen) atoms. The van der Waals surface area contributed by atoms with Crippen LogP contribution in [0.15, 0.2) is 53.4 Å². The van der Waals surface area contributed by atoms with Crippen molar-refractivity contribution in [3.8, 4) is 17.2 Å². The molecule has 1 unspecified atom stereocenters. The Morgan fingerprint density at radius 2 is 1.68 bits per heavy atom. The lowest BCUT2D eigenvalue weighted by Crippen LogP contribution is -2.47. The van der Waals surface area contributed by atoms with Gasteiger partial charge in [-0.05, 0) is 62.4 Å². The van der Waals surface area contributed by atoms with Crippen molar-refractivity contribution in [2.24, 2.45) is 0 Å². The molecule has 186 valence electrons. The summed E-state index contributed by atoms with van der Waals surface area (Å²) in [7, 11) is -2.28. The molecule has 1 heterocycles. The second kappa shape index (κ2) is 11.2. The van der Waals surface area contributed by atoms with Gasteiger partial charge in [0.05, 0.1) is 23.9 Å². The standard InChI is InChI=1S/C23H29NO9S/c1-23(2)31-14-22(33-23)21(24(26)16-25)15-34(27,28)20-10-8-19(9-11-20)32-18-6-4-17(5-7-18)30-13-12-29-3/h4-11,16,21-22,26H,12-15H2,1-3H3/t21?,22-/m1/s1. The van der Waals surface area contributed by atoms with E-state index in [0.29, 0.717) is 35.5 Å². The van der Waals surface area contributed by atoms with Crippen LogP contribution < -0.4 is 9.47 Å². The van der Waals surface area contributed by atoms with E-state index in [1.165, 1.54) is 24.3 Å². The molecule has 0 aliphatic carbocycles. The highest BCUT2D eigenvalue weighted by atomic mass is 32.2. The topological polar surface area (TPSA) is 121 Å². The fourth-order valence-electron chi connectivity index (χ4n) is 3.36. The minimum atomic E-state index is -3.87. The smallest absolute Gasteiger partial charge is 0.233 e. The summed E-state index contributed by atoms with van der Waals surface area (Å²) in [6.07, 6.45) is -0.649. The first-order valence-corrected chi connectivity index (χ1v) is 12.3. The van der Waals surface area contributed by atoms with Crippen molar-refractivity contribution in [1.29, 1.82) is 0 Å². The molecular formula is C23H29NO9S. The Morgan fingerprint density at radius 1 is 1.09 bits per heavy atom. The summed E-state index contributed by atoms with van der Waals surface area (Å²) in [5.74, 6) is 0.182. The maximum atomic E-state index is 13.0. The molecule has 1 aliphatic rings. The van der Waals surface area contributed by atoms with Crippen molar-refractivity contribution >= 4 is 16.2 Å². The Kier molecular flexibility index (Phi) is 8.50. The minimum absolute atomic E-state index is 0.0178. The van der Waals surface area contributed by atoms with Crippen molar-refractivity contribution < 1.29 is 42.1 Å². The first kappa shape index (κ1) is 25.9. The Bertz CT molecular complexity index is 1040. The summed E-state index contributed by atoms with van der Waals surface area (Å²) < 4.78 is 53.3. The molecular weight excluding hydrogens is 466 g/mol. The van der Waals surface area contributed by atoms with Gasteiger partial charge in [0.2, 0.25) is 6.41 Å². The van der Waals surface area contributed by atoms with Crippen LogP contribution in [0, 0.1) is 0 Å². The van der Waals surface area contributed by atoms with Gasteiger partial charge in [-0.15, -0.1) is 0 Å². The normalized spacial score (nSPS) is 18.3. The van der Waals surface area contributed by atoms with Gasteiger partial charge >= 0.3 is 0 Å². The molecule has 1 aliphatic heterocycles. The summed E-state index contributed by atoms with van der Waals surface area (Å²) in [6, 6.07) is 11.7. The average Bonchev–Trinajstić information content (AvgIpc) is 3.18. The van der Waals surface area contributed by atoms with Gasteiger partial charge < -0.3 is 23.7 Å². The van der Waals surface area contributed by atoms with E-state index in [1.54, 1.807) is 45.2 Å². The third-order valence-electron chi connectivity index (χ3n) is 5.10. The zero-order valence-electron chi connectivity index (χ0n) is 19.2. The van der Waals surface area contributed by atoms with Crippen molar-refractivity contribution in [2.75, 3.05) is 32.7 Å². The van der Waals surface area contributed by atoms with Crippen LogP contribution in [-0.2, 0) is 28.8 Å². The number of benzene rings is 2. The van der Waals surface area contributed by atoms with Crippen molar-refractivity contribution in [3.05, 3.63) is 48.5 Å². The molecule has 10 nitrogen and oxygen atoms in total. The zero-order chi connectivity index (χ0) is 24.8. The Morgan fingerprint density at radius 3 is 2.21 bits per heavy atom. The minimum Gasteiger partial charge on any atom is -0.491 e. The van der Waals surface area contributed by atoms with Gasteiger partial charge in [0.25, 0.3) is 0 Å². The van der Waals surface area contributed by atoms with Gasteiger partial charge in [0.1, 0.15) is 36.0 Å². The van der Waals surface area contributed by atoms with Gasteiger partial charge in [0, 0.05) is 7.11 Å². The lowest BCUT2D eigenvalue weighted by atomic mass is 10.2. The molecule has 0 aromatic heterocycles. The van der Waals surface area contributed by atoms with Crippen LogP contribution in [0.5, 0.6) is 17.2 Å². The van der Waals surface area contributed by atoms with Crippen molar-refractivity contribution in [3.63, 3.8) is 0 Å². The summed E-state index contributed by atoms with van der Waals surface area (Å²) in [5.41, 5.74) is 0. The van der Waals surface area contributed by atoms with Crippen LogP contribution in [0.3, 0.4) is 0 Å². The maximum Gasteiger partial charge on any atom is 0.233 e. The lowest BCUT2D eigenvalue weighted by molar-refractivity contribution is -0.182. The second-order valence-electron chi connectivity index (χ2n) is 8.09.